The number of rotatable bonds is 11. The number of hydrogen-bond acceptors (Lipinski definition) is 8. The average Bonchev–Trinajstić information content (AvgIpc) is 3.28. The van der Waals surface area contributed by atoms with Crippen LogP contribution in [0.1, 0.15) is 58.2 Å². The first-order chi connectivity index (χ1) is 18.7. The molecule has 0 fully saturated rings. The zero-order valence-corrected chi connectivity index (χ0v) is 25.0. The number of carbonyl (C=O) groups is 1. The van der Waals surface area contributed by atoms with E-state index in [0.29, 0.717) is 50.5 Å². The van der Waals surface area contributed by atoms with Gasteiger partial charge >= 0.3 is 5.97 Å². The number of allylic oxidation sites excluding steroid dienone is 1. The molecule has 0 bridgehead atoms. The number of halogens is 2. The number of aromatic nitrogens is 3. The SMILES string of the molecule is CCCSc1nc2n(n1)C(c1cc(Br)c(OCc3ccccc3F)c(OCC)c1)C(C(=O)OC(C)C)=C(C)N2. The minimum atomic E-state index is -0.632. The number of nitrogens with one attached hydrogen (secondary N) is 1. The predicted molar refractivity (Wildman–Crippen MR) is 153 cm³/mol. The molecule has 1 N–H and O–H groups in total. The van der Waals surface area contributed by atoms with Gasteiger partial charge in [0.2, 0.25) is 11.1 Å². The molecule has 8 nitrogen and oxygen atoms in total. The second kappa shape index (κ2) is 12.9. The van der Waals surface area contributed by atoms with Gasteiger partial charge < -0.3 is 19.5 Å². The highest BCUT2D eigenvalue weighted by atomic mass is 79.9. The topological polar surface area (TPSA) is 87.5 Å². The molecule has 11 heteroatoms. The zero-order chi connectivity index (χ0) is 28.1. The number of esters is 1. The Morgan fingerprint density at radius 3 is 2.69 bits per heavy atom. The molecule has 1 aliphatic heterocycles. The van der Waals surface area contributed by atoms with Crippen molar-refractivity contribution in [2.24, 2.45) is 0 Å². The normalized spacial score (nSPS) is 14.7. The molecule has 1 aliphatic rings. The molecule has 0 amide bonds. The first-order valence-corrected chi connectivity index (χ1v) is 14.6. The van der Waals surface area contributed by atoms with Crippen LogP contribution in [0, 0.1) is 5.82 Å². The highest BCUT2D eigenvalue weighted by Gasteiger charge is 2.36. The van der Waals surface area contributed by atoms with Crippen molar-refractivity contribution in [2.75, 3.05) is 17.7 Å². The monoisotopic (exact) mass is 618 g/mol. The standard InChI is InChI=1S/C28H32BrFN4O4S/c1-6-12-39-28-32-27-31-17(5)23(26(35)38-16(3)4)24(34(27)33-28)19-13-20(29)25(22(14-19)36-7-2)37-15-18-10-8-9-11-21(18)30/h8-11,13-14,16,24H,6-7,12,15H2,1-5H3,(H,31,32,33). The van der Waals surface area contributed by atoms with E-state index in [-0.39, 0.29) is 18.5 Å². The fraction of sp³-hybridized carbons (Fsp3) is 0.393. The van der Waals surface area contributed by atoms with Crippen LogP contribution in [0.15, 0.2) is 57.3 Å². The lowest BCUT2D eigenvalue weighted by molar-refractivity contribution is -0.143. The highest BCUT2D eigenvalue weighted by Crippen LogP contribution is 2.43. The lowest BCUT2D eigenvalue weighted by atomic mass is 9.95. The van der Waals surface area contributed by atoms with Crippen LogP contribution in [0.25, 0.3) is 0 Å². The fourth-order valence-electron chi connectivity index (χ4n) is 4.15. The predicted octanol–water partition coefficient (Wildman–Crippen LogP) is 6.90. The van der Waals surface area contributed by atoms with E-state index < -0.39 is 12.0 Å². The molecule has 2 aromatic carbocycles. The molecular weight excluding hydrogens is 587 g/mol. The minimum absolute atomic E-state index is 0.0221. The molecule has 2 heterocycles. The van der Waals surface area contributed by atoms with Crippen molar-refractivity contribution in [1.29, 1.82) is 0 Å². The van der Waals surface area contributed by atoms with Gasteiger partial charge in [-0.3, -0.25) is 0 Å². The van der Waals surface area contributed by atoms with Crippen LogP contribution in [-0.2, 0) is 16.1 Å². The molecule has 39 heavy (non-hydrogen) atoms. The van der Waals surface area contributed by atoms with Crippen molar-refractivity contribution >= 4 is 39.6 Å². The molecule has 1 atom stereocenters. The van der Waals surface area contributed by atoms with E-state index in [0.717, 1.165) is 17.7 Å². The third kappa shape index (κ3) is 6.58. The number of carbonyl (C=O) groups excluding carboxylic acids is 1. The maximum absolute atomic E-state index is 14.2. The summed E-state index contributed by atoms with van der Waals surface area (Å²) in [4.78, 5) is 18.0. The Hall–Kier alpha value is -3.05. The van der Waals surface area contributed by atoms with Crippen molar-refractivity contribution in [3.63, 3.8) is 0 Å². The van der Waals surface area contributed by atoms with E-state index in [1.807, 2.05) is 39.8 Å². The van der Waals surface area contributed by atoms with Crippen molar-refractivity contribution in [3.8, 4) is 11.5 Å². The number of hydrogen-bond donors (Lipinski definition) is 1. The smallest absolute Gasteiger partial charge is 0.338 e. The molecule has 0 aliphatic carbocycles. The van der Waals surface area contributed by atoms with Crippen LogP contribution in [0.4, 0.5) is 10.3 Å². The summed E-state index contributed by atoms with van der Waals surface area (Å²) in [5, 5.41) is 8.58. The molecule has 0 saturated carbocycles. The van der Waals surface area contributed by atoms with Gasteiger partial charge in [-0.15, -0.1) is 5.10 Å². The Labute approximate surface area is 240 Å². The summed E-state index contributed by atoms with van der Waals surface area (Å²) in [5.41, 5.74) is 2.20. The average molecular weight is 620 g/mol. The van der Waals surface area contributed by atoms with Crippen molar-refractivity contribution in [1.82, 2.24) is 14.8 Å². The highest BCUT2D eigenvalue weighted by molar-refractivity contribution is 9.10. The summed E-state index contributed by atoms with van der Waals surface area (Å²) in [6.07, 6.45) is 0.680. The van der Waals surface area contributed by atoms with E-state index in [1.54, 1.807) is 34.6 Å². The van der Waals surface area contributed by atoms with Gasteiger partial charge in [0, 0.05) is 17.0 Å². The van der Waals surface area contributed by atoms with Gasteiger partial charge in [-0.25, -0.2) is 13.9 Å². The Morgan fingerprint density at radius 1 is 1.23 bits per heavy atom. The van der Waals surface area contributed by atoms with E-state index in [4.69, 9.17) is 19.3 Å². The Bertz CT molecular complexity index is 1380. The summed E-state index contributed by atoms with van der Waals surface area (Å²) in [7, 11) is 0. The van der Waals surface area contributed by atoms with Gasteiger partial charge in [-0.05, 0) is 73.8 Å². The van der Waals surface area contributed by atoms with Gasteiger partial charge in [0.15, 0.2) is 11.5 Å². The summed E-state index contributed by atoms with van der Waals surface area (Å²) in [6, 6.07) is 9.51. The van der Waals surface area contributed by atoms with Crippen LogP contribution in [-0.4, -0.2) is 39.2 Å². The van der Waals surface area contributed by atoms with Gasteiger partial charge in [-0.2, -0.15) is 4.98 Å². The van der Waals surface area contributed by atoms with E-state index in [1.165, 1.54) is 6.07 Å². The number of fused-ring (bicyclic) bond motifs is 1. The first-order valence-electron chi connectivity index (χ1n) is 12.8. The Balaban J connectivity index is 1.79. The number of anilines is 1. The second-order valence-electron chi connectivity index (χ2n) is 9.17. The summed E-state index contributed by atoms with van der Waals surface area (Å²) >= 11 is 5.18. The molecular formula is C28H32BrFN4O4S. The number of nitrogens with zero attached hydrogens (tertiary/aromatic N) is 3. The second-order valence-corrected chi connectivity index (χ2v) is 11.1. The third-order valence-electron chi connectivity index (χ3n) is 5.81. The number of benzene rings is 2. The Kier molecular flexibility index (Phi) is 9.55. The van der Waals surface area contributed by atoms with Gasteiger partial charge in [-0.1, -0.05) is 36.9 Å². The molecule has 1 aromatic heterocycles. The summed E-state index contributed by atoms with van der Waals surface area (Å²) in [5.74, 6) is 1.50. The fourth-order valence-corrected chi connectivity index (χ4v) is 5.41. The van der Waals surface area contributed by atoms with Crippen LogP contribution in [0.5, 0.6) is 11.5 Å². The molecule has 1 unspecified atom stereocenters. The van der Waals surface area contributed by atoms with Crippen LogP contribution < -0.4 is 14.8 Å². The lowest BCUT2D eigenvalue weighted by Crippen LogP contribution is -2.30. The van der Waals surface area contributed by atoms with E-state index in [9.17, 15) is 9.18 Å². The lowest BCUT2D eigenvalue weighted by Gasteiger charge is -2.29. The maximum Gasteiger partial charge on any atom is 0.338 e. The van der Waals surface area contributed by atoms with Crippen molar-refractivity contribution in [3.05, 3.63) is 69.1 Å². The molecule has 0 saturated heterocycles. The van der Waals surface area contributed by atoms with Crippen LogP contribution >= 0.6 is 27.7 Å². The summed E-state index contributed by atoms with van der Waals surface area (Å²) < 4.78 is 34.1. The van der Waals surface area contributed by atoms with Gasteiger partial charge in [0.05, 0.1) is 22.8 Å². The molecule has 0 spiro atoms. The van der Waals surface area contributed by atoms with Crippen LogP contribution in [0.3, 0.4) is 0 Å². The van der Waals surface area contributed by atoms with Gasteiger partial charge in [0.25, 0.3) is 0 Å². The van der Waals surface area contributed by atoms with Crippen molar-refractivity contribution < 1.29 is 23.4 Å². The molecule has 4 rings (SSSR count). The molecule has 0 radical (unpaired) electrons. The largest absolute Gasteiger partial charge is 0.490 e. The first kappa shape index (κ1) is 28.9. The number of thioether (sulfide) groups is 1. The van der Waals surface area contributed by atoms with E-state index in [2.05, 4.69) is 33.2 Å². The summed E-state index contributed by atoms with van der Waals surface area (Å²) in [6.45, 7) is 9.81. The molecule has 3 aromatic rings. The quantitative estimate of drug-likeness (QED) is 0.183. The minimum Gasteiger partial charge on any atom is -0.490 e. The third-order valence-corrected chi connectivity index (χ3v) is 7.44. The maximum atomic E-state index is 14.2. The zero-order valence-electron chi connectivity index (χ0n) is 22.6. The number of ether oxygens (including phenoxy) is 3. The van der Waals surface area contributed by atoms with E-state index >= 15 is 0 Å². The molecule has 208 valence electrons. The van der Waals surface area contributed by atoms with Crippen LogP contribution in [0.2, 0.25) is 0 Å². The Morgan fingerprint density at radius 2 is 2.00 bits per heavy atom. The van der Waals surface area contributed by atoms with Crippen molar-refractivity contribution in [2.45, 2.75) is 64.9 Å². The van der Waals surface area contributed by atoms with Gasteiger partial charge in [0.1, 0.15) is 18.5 Å².